The Morgan fingerprint density at radius 3 is 2.57 bits per heavy atom. The molecule has 6 nitrogen and oxygen atoms in total. The van der Waals surface area contributed by atoms with Crippen LogP contribution in [0.1, 0.15) is 5.69 Å². The minimum absolute atomic E-state index is 0.543. The molecule has 0 aliphatic rings. The molecule has 0 aliphatic heterocycles. The number of hydrogen-bond acceptors (Lipinski definition) is 5. The summed E-state index contributed by atoms with van der Waals surface area (Å²) in [6.07, 6.45) is 0. The number of anilines is 2. The van der Waals surface area contributed by atoms with Gasteiger partial charge in [-0.3, -0.25) is 5.10 Å². The van der Waals surface area contributed by atoms with Crippen LogP contribution in [-0.4, -0.2) is 29.4 Å². The smallest absolute Gasteiger partial charge is 0.223 e. The molecule has 2 N–H and O–H groups in total. The van der Waals surface area contributed by atoms with E-state index in [9.17, 15) is 0 Å². The maximum absolute atomic E-state index is 5.40. The van der Waals surface area contributed by atoms with Gasteiger partial charge in [-0.2, -0.15) is 10.1 Å². The minimum Gasteiger partial charge on any atom is -0.496 e. The molecule has 2 heterocycles. The highest BCUT2D eigenvalue weighted by Gasteiger charge is 2.11. The number of pyridine rings is 1. The molecule has 3 aromatic rings. The Balaban J connectivity index is 2.11. The molecule has 0 spiro atoms. The van der Waals surface area contributed by atoms with Crippen LogP contribution in [0.5, 0.6) is 11.6 Å². The normalized spacial score (nSPS) is 10.6. The number of hydrogen-bond donors (Lipinski definition) is 2. The number of nitrogens with zero attached hydrogens (tertiary/aromatic N) is 2. The van der Waals surface area contributed by atoms with Crippen LogP contribution in [0.4, 0.5) is 11.6 Å². The number of aromatic amines is 1. The van der Waals surface area contributed by atoms with Gasteiger partial charge in [0.15, 0.2) is 5.82 Å². The third-order valence-electron chi connectivity index (χ3n) is 3.17. The molecule has 3 rings (SSSR count). The van der Waals surface area contributed by atoms with Gasteiger partial charge < -0.3 is 14.8 Å². The second kappa shape index (κ2) is 5.32. The number of methoxy groups -OCH3 is 2. The van der Waals surface area contributed by atoms with Crippen LogP contribution in [0.3, 0.4) is 0 Å². The number of fused-ring (bicyclic) bond motifs is 1. The van der Waals surface area contributed by atoms with Gasteiger partial charge in [0, 0.05) is 22.5 Å². The molecule has 0 unspecified atom stereocenters. The molecule has 0 amide bonds. The van der Waals surface area contributed by atoms with Crippen LogP contribution in [0, 0.1) is 6.92 Å². The first-order valence-electron chi connectivity index (χ1n) is 6.52. The van der Waals surface area contributed by atoms with E-state index in [1.807, 2.05) is 37.3 Å². The fraction of sp³-hybridized carbons (Fsp3) is 0.200. The monoisotopic (exact) mass is 284 g/mol. The second-order valence-corrected chi connectivity index (χ2v) is 4.63. The molecular weight excluding hydrogens is 268 g/mol. The first kappa shape index (κ1) is 13.2. The van der Waals surface area contributed by atoms with Crippen LogP contribution in [-0.2, 0) is 0 Å². The van der Waals surface area contributed by atoms with E-state index >= 15 is 0 Å². The van der Waals surface area contributed by atoms with Crippen molar-refractivity contribution < 1.29 is 9.47 Å². The first-order valence-corrected chi connectivity index (χ1v) is 6.52. The van der Waals surface area contributed by atoms with Crippen LogP contribution in [0.25, 0.3) is 10.8 Å². The summed E-state index contributed by atoms with van der Waals surface area (Å²) in [5, 5.41) is 12.0. The topological polar surface area (TPSA) is 72.1 Å². The first-order chi connectivity index (χ1) is 10.2. The Morgan fingerprint density at radius 1 is 1.05 bits per heavy atom. The highest BCUT2D eigenvalue weighted by molar-refractivity contribution is 5.94. The molecule has 0 atom stereocenters. The van der Waals surface area contributed by atoms with Crippen molar-refractivity contribution in [3.8, 4) is 11.6 Å². The van der Waals surface area contributed by atoms with Gasteiger partial charge in [-0.25, -0.2) is 0 Å². The number of benzene rings is 1. The molecule has 0 saturated carbocycles. The van der Waals surface area contributed by atoms with Crippen molar-refractivity contribution >= 4 is 22.4 Å². The molecule has 1 aromatic carbocycles. The molecule has 0 aliphatic carbocycles. The Kier molecular flexibility index (Phi) is 3.35. The van der Waals surface area contributed by atoms with E-state index < -0.39 is 0 Å². The molecule has 0 bridgehead atoms. The summed E-state index contributed by atoms with van der Waals surface area (Å²) in [7, 11) is 3.25. The van der Waals surface area contributed by atoms with Crippen LogP contribution >= 0.6 is 0 Å². The van der Waals surface area contributed by atoms with Gasteiger partial charge in [0.1, 0.15) is 11.6 Å². The van der Waals surface area contributed by atoms with E-state index in [4.69, 9.17) is 9.47 Å². The Morgan fingerprint density at radius 2 is 1.90 bits per heavy atom. The molecule has 21 heavy (non-hydrogen) atoms. The third-order valence-corrected chi connectivity index (χ3v) is 3.17. The summed E-state index contributed by atoms with van der Waals surface area (Å²) >= 11 is 0. The summed E-state index contributed by atoms with van der Waals surface area (Å²) < 4.78 is 10.8. The number of aryl methyl sites for hydroxylation is 1. The molecule has 0 saturated heterocycles. The predicted molar refractivity (Wildman–Crippen MR) is 81.5 cm³/mol. The van der Waals surface area contributed by atoms with E-state index in [-0.39, 0.29) is 0 Å². The van der Waals surface area contributed by atoms with Crippen molar-refractivity contribution in [3.63, 3.8) is 0 Å². The molecule has 0 fully saturated rings. The van der Waals surface area contributed by atoms with Crippen LogP contribution < -0.4 is 14.8 Å². The quantitative estimate of drug-likeness (QED) is 0.770. The third kappa shape index (κ3) is 2.47. The predicted octanol–water partition coefficient (Wildman–Crippen LogP) is 3.03. The zero-order valence-electron chi connectivity index (χ0n) is 12.1. The van der Waals surface area contributed by atoms with Crippen molar-refractivity contribution in [2.24, 2.45) is 0 Å². The van der Waals surface area contributed by atoms with Gasteiger partial charge in [-0.05, 0) is 25.1 Å². The van der Waals surface area contributed by atoms with Crippen molar-refractivity contribution in [2.75, 3.05) is 19.5 Å². The Labute approximate surface area is 122 Å². The highest BCUT2D eigenvalue weighted by Crippen LogP contribution is 2.33. The summed E-state index contributed by atoms with van der Waals surface area (Å²) in [5.41, 5.74) is 0.975. The largest absolute Gasteiger partial charge is 0.496 e. The van der Waals surface area contributed by atoms with E-state index in [0.717, 1.165) is 22.2 Å². The van der Waals surface area contributed by atoms with Crippen molar-refractivity contribution in [1.82, 2.24) is 15.2 Å². The fourth-order valence-electron chi connectivity index (χ4n) is 2.23. The van der Waals surface area contributed by atoms with E-state index in [1.165, 1.54) is 0 Å². The Bertz CT molecular complexity index is 782. The van der Waals surface area contributed by atoms with Gasteiger partial charge in [-0.1, -0.05) is 6.07 Å². The maximum Gasteiger partial charge on any atom is 0.223 e. The maximum atomic E-state index is 5.40. The number of aromatic nitrogens is 3. The average Bonchev–Trinajstić information content (AvgIpc) is 2.90. The number of ether oxygens (including phenoxy) is 2. The van der Waals surface area contributed by atoms with Gasteiger partial charge in [0.2, 0.25) is 5.88 Å². The second-order valence-electron chi connectivity index (χ2n) is 4.63. The molecule has 0 radical (unpaired) electrons. The van der Waals surface area contributed by atoms with Gasteiger partial charge in [0.05, 0.1) is 14.2 Å². The summed E-state index contributed by atoms with van der Waals surface area (Å²) in [6.45, 7) is 1.94. The van der Waals surface area contributed by atoms with Crippen molar-refractivity contribution in [1.29, 1.82) is 0 Å². The summed E-state index contributed by atoms with van der Waals surface area (Å²) in [4.78, 5) is 4.46. The minimum atomic E-state index is 0.543. The van der Waals surface area contributed by atoms with Crippen molar-refractivity contribution in [2.45, 2.75) is 6.92 Å². The van der Waals surface area contributed by atoms with Crippen LogP contribution in [0.2, 0.25) is 0 Å². The van der Waals surface area contributed by atoms with Gasteiger partial charge in [0.25, 0.3) is 0 Å². The number of rotatable bonds is 4. The highest BCUT2D eigenvalue weighted by atomic mass is 16.5. The lowest BCUT2D eigenvalue weighted by Gasteiger charge is -2.11. The van der Waals surface area contributed by atoms with Gasteiger partial charge >= 0.3 is 0 Å². The van der Waals surface area contributed by atoms with E-state index in [0.29, 0.717) is 17.5 Å². The lowest BCUT2D eigenvalue weighted by Crippen LogP contribution is -1.98. The van der Waals surface area contributed by atoms with Gasteiger partial charge in [-0.15, -0.1) is 0 Å². The molecular formula is C15H16N4O2. The summed E-state index contributed by atoms with van der Waals surface area (Å²) in [5.74, 6) is 2.67. The average molecular weight is 284 g/mol. The SMILES string of the molecule is COc1cccc2c(OC)nc(Nc3cc(C)[nH]n3)cc12. The zero-order valence-corrected chi connectivity index (χ0v) is 12.1. The Hall–Kier alpha value is -2.76. The molecule has 108 valence electrons. The lowest BCUT2D eigenvalue weighted by atomic mass is 10.1. The molecule has 6 heteroatoms. The number of H-pyrrole nitrogens is 1. The standard InChI is InChI=1S/C15H16N4O2/c1-9-7-14(19-18-9)16-13-8-11-10(15(17-13)21-3)5-4-6-12(11)20-2/h4-8H,1-3H3,(H2,16,17,18,19). The zero-order chi connectivity index (χ0) is 14.8. The number of nitrogens with one attached hydrogen (secondary N) is 2. The molecule has 2 aromatic heterocycles. The van der Waals surface area contributed by atoms with E-state index in [2.05, 4.69) is 20.5 Å². The summed E-state index contributed by atoms with van der Waals surface area (Å²) in [6, 6.07) is 9.59. The van der Waals surface area contributed by atoms with Crippen molar-refractivity contribution in [3.05, 3.63) is 36.0 Å². The fourth-order valence-corrected chi connectivity index (χ4v) is 2.23. The van der Waals surface area contributed by atoms with E-state index in [1.54, 1.807) is 14.2 Å². The lowest BCUT2D eigenvalue weighted by molar-refractivity contribution is 0.402. The van der Waals surface area contributed by atoms with Crippen LogP contribution in [0.15, 0.2) is 30.3 Å².